The first-order chi connectivity index (χ1) is 10.6. The number of hydrogen-bond acceptors (Lipinski definition) is 4. The van der Waals surface area contributed by atoms with Crippen molar-refractivity contribution >= 4 is 17.6 Å². The van der Waals surface area contributed by atoms with Gasteiger partial charge in [-0.3, -0.25) is 4.79 Å². The molecule has 1 unspecified atom stereocenters. The lowest BCUT2D eigenvalue weighted by molar-refractivity contribution is -0.117. The van der Waals surface area contributed by atoms with Crippen LogP contribution < -0.4 is 25.0 Å². The summed E-state index contributed by atoms with van der Waals surface area (Å²) < 4.78 is 10.4. The molecule has 1 aliphatic rings. The average molecular weight is 307 g/mol. The van der Waals surface area contributed by atoms with Gasteiger partial charge in [-0.2, -0.15) is 0 Å². The Morgan fingerprint density at radius 1 is 1.32 bits per heavy atom. The molecule has 3 amide bonds. The Labute approximate surface area is 129 Å². The van der Waals surface area contributed by atoms with E-state index in [0.29, 0.717) is 24.6 Å². The Hall–Kier alpha value is -2.44. The van der Waals surface area contributed by atoms with Crippen LogP contribution in [0.1, 0.15) is 13.3 Å². The van der Waals surface area contributed by atoms with E-state index in [1.165, 1.54) is 0 Å². The molecule has 1 aromatic carbocycles. The Bertz CT molecular complexity index is 562. The summed E-state index contributed by atoms with van der Waals surface area (Å²) in [6.07, 6.45) is 0.283. The number of carbonyl (C=O) groups excluding carboxylic acids is 2. The molecule has 120 valence electrons. The second kappa shape index (κ2) is 7.02. The van der Waals surface area contributed by atoms with Crippen LogP contribution in [0.3, 0.4) is 0 Å². The summed E-state index contributed by atoms with van der Waals surface area (Å²) in [7, 11) is 3.11. The second-order valence-electron chi connectivity index (χ2n) is 4.95. The second-order valence-corrected chi connectivity index (χ2v) is 4.95. The minimum absolute atomic E-state index is 0.0333. The van der Waals surface area contributed by atoms with Gasteiger partial charge in [0.25, 0.3) is 0 Å². The third kappa shape index (κ3) is 3.41. The zero-order valence-electron chi connectivity index (χ0n) is 13.0. The normalized spacial score (nSPS) is 17.3. The van der Waals surface area contributed by atoms with Gasteiger partial charge in [-0.15, -0.1) is 0 Å². The molecule has 1 saturated heterocycles. The molecule has 2 rings (SSSR count). The van der Waals surface area contributed by atoms with Crippen LogP contribution in [-0.4, -0.2) is 45.3 Å². The number of carbonyl (C=O) groups is 2. The number of nitrogens with zero attached hydrogens (tertiary/aromatic N) is 1. The van der Waals surface area contributed by atoms with Crippen LogP contribution in [-0.2, 0) is 4.79 Å². The Balaban J connectivity index is 2.10. The summed E-state index contributed by atoms with van der Waals surface area (Å²) in [4.78, 5) is 25.3. The minimum atomic E-state index is -0.255. The van der Waals surface area contributed by atoms with E-state index in [0.717, 1.165) is 5.69 Å². The van der Waals surface area contributed by atoms with Gasteiger partial charge in [0.05, 0.1) is 20.3 Å². The molecule has 1 fully saturated rings. The van der Waals surface area contributed by atoms with Crippen molar-refractivity contribution in [3.63, 3.8) is 0 Å². The van der Waals surface area contributed by atoms with Crippen LogP contribution >= 0.6 is 0 Å². The van der Waals surface area contributed by atoms with E-state index in [9.17, 15) is 9.59 Å². The monoisotopic (exact) mass is 307 g/mol. The van der Waals surface area contributed by atoms with Crippen molar-refractivity contribution in [3.8, 4) is 11.5 Å². The topological polar surface area (TPSA) is 79.9 Å². The van der Waals surface area contributed by atoms with Crippen LogP contribution in [0.25, 0.3) is 0 Å². The van der Waals surface area contributed by atoms with Crippen molar-refractivity contribution in [2.24, 2.45) is 0 Å². The number of methoxy groups -OCH3 is 2. The SMILES string of the molecule is CCNC(=O)NC1CC(=O)N(c2ccc(OC)c(OC)c2)C1. The van der Waals surface area contributed by atoms with Gasteiger partial charge in [0.1, 0.15) is 0 Å². The van der Waals surface area contributed by atoms with E-state index in [4.69, 9.17) is 9.47 Å². The highest BCUT2D eigenvalue weighted by Gasteiger charge is 2.31. The van der Waals surface area contributed by atoms with Gasteiger partial charge in [0.15, 0.2) is 11.5 Å². The summed E-state index contributed by atoms with van der Waals surface area (Å²) in [6, 6.07) is 4.85. The predicted octanol–water partition coefficient (Wildman–Crippen LogP) is 1.13. The number of nitrogens with one attached hydrogen (secondary N) is 2. The van der Waals surface area contributed by atoms with Crippen LogP contribution in [0.15, 0.2) is 18.2 Å². The third-order valence-electron chi connectivity index (χ3n) is 3.48. The van der Waals surface area contributed by atoms with Gasteiger partial charge in [-0.05, 0) is 19.1 Å². The molecule has 1 aromatic rings. The molecule has 0 aromatic heterocycles. The Kier molecular flexibility index (Phi) is 5.08. The van der Waals surface area contributed by atoms with Crippen LogP contribution in [0.5, 0.6) is 11.5 Å². The molecular formula is C15H21N3O4. The number of rotatable bonds is 5. The number of anilines is 1. The fourth-order valence-electron chi connectivity index (χ4n) is 2.44. The summed E-state index contributed by atoms with van der Waals surface area (Å²) in [5.41, 5.74) is 0.725. The van der Waals surface area contributed by atoms with Gasteiger partial charge < -0.3 is 25.0 Å². The summed E-state index contributed by atoms with van der Waals surface area (Å²) >= 11 is 0. The average Bonchev–Trinajstić information content (AvgIpc) is 2.87. The first-order valence-corrected chi connectivity index (χ1v) is 7.15. The van der Waals surface area contributed by atoms with Gasteiger partial charge in [0.2, 0.25) is 5.91 Å². The molecule has 22 heavy (non-hydrogen) atoms. The highest BCUT2D eigenvalue weighted by molar-refractivity contribution is 5.97. The Morgan fingerprint density at radius 2 is 2.05 bits per heavy atom. The maximum Gasteiger partial charge on any atom is 0.315 e. The summed E-state index contributed by atoms with van der Waals surface area (Å²) in [5.74, 6) is 1.14. The number of benzene rings is 1. The quantitative estimate of drug-likeness (QED) is 0.854. The summed E-state index contributed by atoms with van der Waals surface area (Å²) in [5, 5.41) is 5.45. The van der Waals surface area contributed by atoms with Gasteiger partial charge in [-0.1, -0.05) is 0 Å². The van der Waals surface area contributed by atoms with E-state index in [1.54, 1.807) is 37.3 Å². The molecule has 7 heteroatoms. The standard InChI is InChI=1S/C15H21N3O4/c1-4-16-15(20)17-10-7-14(19)18(9-10)11-5-6-12(21-2)13(8-11)22-3/h5-6,8,10H,4,7,9H2,1-3H3,(H2,16,17,20). The Morgan fingerprint density at radius 3 is 2.68 bits per heavy atom. The van der Waals surface area contributed by atoms with E-state index in [2.05, 4.69) is 10.6 Å². The van der Waals surface area contributed by atoms with E-state index >= 15 is 0 Å². The molecule has 0 bridgehead atoms. The van der Waals surface area contributed by atoms with E-state index in [-0.39, 0.29) is 24.4 Å². The molecule has 1 heterocycles. The summed E-state index contributed by atoms with van der Waals surface area (Å²) in [6.45, 7) is 2.83. The van der Waals surface area contributed by atoms with Crippen molar-refractivity contribution in [2.75, 3.05) is 32.2 Å². The predicted molar refractivity (Wildman–Crippen MR) is 82.5 cm³/mol. The van der Waals surface area contributed by atoms with Crippen molar-refractivity contribution in [1.29, 1.82) is 0 Å². The lowest BCUT2D eigenvalue weighted by Crippen LogP contribution is -2.43. The lowest BCUT2D eigenvalue weighted by atomic mass is 10.2. The van der Waals surface area contributed by atoms with Crippen molar-refractivity contribution < 1.29 is 19.1 Å². The zero-order valence-corrected chi connectivity index (χ0v) is 13.0. The number of amides is 3. The van der Waals surface area contributed by atoms with E-state index < -0.39 is 0 Å². The smallest absolute Gasteiger partial charge is 0.315 e. The zero-order chi connectivity index (χ0) is 16.1. The fraction of sp³-hybridized carbons (Fsp3) is 0.467. The number of hydrogen-bond donors (Lipinski definition) is 2. The first kappa shape index (κ1) is 15.9. The molecule has 0 radical (unpaired) electrons. The minimum Gasteiger partial charge on any atom is -0.493 e. The molecule has 2 N–H and O–H groups in total. The maximum absolute atomic E-state index is 12.2. The molecule has 1 aliphatic heterocycles. The number of ether oxygens (including phenoxy) is 2. The molecule has 0 spiro atoms. The third-order valence-corrected chi connectivity index (χ3v) is 3.48. The van der Waals surface area contributed by atoms with E-state index in [1.807, 2.05) is 6.92 Å². The molecule has 7 nitrogen and oxygen atoms in total. The van der Waals surface area contributed by atoms with Gasteiger partial charge >= 0.3 is 6.03 Å². The van der Waals surface area contributed by atoms with Crippen molar-refractivity contribution in [1.82, 2.24) is 10.6 Å². The van der Waals surface area contributed by atoms with Crippen LogP contribution in [0.4, 0.5) is 10.5 Å². The molecule has 1 atom stereocenters. The fourth-order valence-corrected chi connectivity index (χ4v) is 2.44. The van der Waals surface area contributed by atoms with Gasteiger partial charge in [-0.25, -0.2) is 4.79 Å². The molecule has 0 aliphatic carbocycles. The first-order valence-electron chi connectivity index (χ1n) is 7.15. The van der Waals surface area contributed by atoms with Crippen LogP contribution in [0.2, 0.25) is 0 Å². The lowest BCUT2D eigenvalue weighted by Gasteiger charge is -2.19. The van der Waals surface area contributed by atoms with Crippen molar-refractivity contribution in [2.45, 2.75) is 19.4 Å². The van der Waals surface area contributed by atoms with Crippen molar-refractivity contribution in [3.05, 3.63) is 18.2 Å². The largest absolute Gasteiger partial charge is 0.493 e. The number of urea groups is 1. The van der Waals surface area contributed by atoms with Gasteiger partial charge in [0, 0.05) is 31.3 Å². The molecule has 0 saturated carbocycles. The molecular weight excluding hydrogens is 286 g/mol. The highest BCUT2D eigenvalue weighted by Crippen LogP contribution is 2.33. The maximum atomic E-state index is 12.2. The highest BCUT2D eigenvalue weighted by atomic mass is 16.5. The van der Waals surface area contributed by atoms with Crippen LogP contribution in [0, 0.1) is 0 Å².